The second kappa shape index (κ2) is 8.02. The predicted molar refractivity (Wildman–Crippen MR) is 105 cm³/mol. The molecule has 0 unspecified atom stereocenters. The number of Topliss-reactive ketones (excluding diaryl/α,β-unsaturated/α-hetero) is 1. The van der Waals surface area contributed by atoms with E-state index in [1.165, 1.54) is 32.9 Å². The quantitative estimate of drug-likeness (QED) is 0.229. The zero-order valence-electron chi connectivity index (χ0n) is 16.9. The number of hydrogen-bond acceptors (Lipinski definition) is 7. The van der Waals surface area contributed by atoms with Crippen molar-refractivity contribution in [2.45, 2.75) is 38.8 Å². The summed E-state index contributed by atoms with van der Waals surface area (Å²) in [5.74, 6) is -6.17. The van der Waals surface area contributed by atoms with Gasteiger partial charge in [-0.2, -0.15) is 0 Å². The minimum atomic E-state index is -1.88. The van der Waals surface area contributed by atoms with Crippen LogP contribution in [0.25, 0.3) is 0 Å². The van der Waals surface area contributed by atoms with Crippen LogP contribution in [0.3, 0.4) is 0 Å². The van der Waals surface area contributed by atoms with Gasteiger partial charge in [0.2, 0.25) is 11.7 Å². The van der Waals surface area contributed by atoms with Crippen LogP contribution < -0.4 is 5.32 Å². The van der Waals surface area contributed by atoms with E-state index < -0.39 is 52.2 Å². The van der Waals surface area contributed by atoms with Crippen LogP contribution in [0, 0.1) is 5.92 Å². The first-order valence-electron chi connectivity index (χ1n) is 9.04. The van der Waals surface area contributed by atoms with E-state index >= 15 is 0 Å². The van der Waals surface area contributed by atoms with E-state index in [4.69, 9.17) is 9.84 Å². The predicted octanol–water partition coefficient (Wildman–Crippen LogP) is 1.79. The molecule has 160 valence electrons. The fourth-order valence-electron chi connectivity index (χ4n) is 3.77. The molecule has 3 atom stereocenters. The molecule has 9 heteroatoms. The molecule has 1 saturated heterocycles. The summed E-state index contributed by atoms with van der Waals surface area (Å²) in [6.45, 7) is 5.70. The third kappa shape index (κ3) is 3.66. The Balaban J connectivity index is 2.69. The first kappa shape index (κ1) is 22.7. The Hall–Kier alpha value is -3.62. The lowest BCUT2D eigenvalue weighted by Gasteiger charge is -2.39. The summed E-state index contributed by atoms with van der Waals surface area (Å²) >= 11 is 0. The number of carboxylic acids is 1. The van der Waals surface area contributed by atoms with Gasteiger partial charge in [-0.15, -0.1) is 0 Å². The number of hydrogen-bond donors (Lipinski definition) is 4. The van der Waals surface area contributed by atoms with E-state index in [1.807, 2.05) is 0 Å². The van der Waals surface area contributed by atoms with Gasteiger partial charge < -0.3 is 25.4 Å². The largest absolute Gasteiger partial charge is 0.508 e. The molecule has 1 heterocycles. The Morgan fingerprint density at radius 1 is 1.10 bits per heavy atom. The molecular formula is C21H23NO8. The average molecular weight is 417 g/mol. The molecule has 2 aliphatic rings. The molecule has 0 aromatic heterocycles. The first-order valence-corrected chi connectivity index (χ1v) is 9.04. The number of aliphatic carboxylic acids is 1. The Morgan fingerprint density at radius 3 is 2.30 bits per heavy atom. The van der Waals surface area contributed by atoms with E-state index in [1.54, 1.807) is 19.1 Å². The van der Waals surface area contributed by atoms with E-state index in [2.05, 4.69) is 5.32 Å². The van der Waals surface area contributed by atoms with Crippen LogP contribution in [0.2, 0.25) is 0 Å². The van der Waals surface area contributed by atoms with Crippen molar-refractivity contribution in [2.24, 2.45) is 5.92 Å². The Kier molecular flexibility index (Phi) is 6.06. The lowest BCUT2D eigenvalue weighted by atomic mass is 9.65. The van der Waals surface area contributed by atoms with E-state index in [0.29, 0.717) is 12.2 Å². The highest BCUT2D eigenvalue weighted by molar-refractivity contribution is 6.09. The van der Waals surface area contributed by atoms with Gasteiger partial charge in [0.1, 0.15) is 17.1 Å². The van der Waals surface area contributed by atoms with E-state index in [0.717, 1.165) is 0 Å². The molecule has 30 heavy (non-hydrogen) atoms. The van der Waals surface area contributed by atoms with Gasteiger partial charge in [-0.05, 0) is 33.8 Å². The van der Waals surface area contributed by atoms with Crippen molar-refractivity contribution in [1.82, 2.24) is 5.32 Å². The summed E-state index contributed by atoms with van der Waals surface area (Å²) in [7, 11) is 0. The number of allylic oxidation sites excluding steroid dienone is 5. The van der Waals surface area contributed by atoms with Crippen molar-refractivity contribution >= 4 is 23.6 Å². The number of carboxylic acid groups (broad SMARTS) is 1. The number of ketones is 1. The summed E-state index contributed by atoms with van der Waals surface area (Å²) in [5.41, 5.74) is -3.93. The number of aliphatic hydroxyl groups is 2. The molecule has 1 amide bonds. The lowest BCUT2D eigenvalue weighted by Crippen LogP contribution is -2.59. The summed E-state index contributed by atoms with van der Waals surface area (Å²) in [4.78, 5) is 48.5. The number of nitrogens with one attached hydrogen (secondary N) is 1. The van der Waals surface area contributed by atoms with Crippen LogP contribution >= 0.6 is 0 Å². The van der Waals surface area contributed by atoms with Crippen LogP contribution in [0.1, 0.15) is 27.7 Å². The maximum absolute atomic E-state index is 12.9. The standard InChI is InChI=1S/C21H23NO8/c1-5-6-7-8-12(23)15-16(27)11(2)18(28)21(4)17(15)20(3,19(29)30-21)22-13(24)9-10-14(25)26/h5-10,17,23,27H,1-4H3,(H,22,24)(H,25,26)/b6-5+,8-7+,10-9+,15-12-/t17-,20+,21+/m1/s1. The second-order valence-corrected chi connectivity index (χ2v) is 7.28. The van der Waals surface area contributed by atoms with Crippen molar-refractivity contribution in [3.63, 3.8) is 0 Å². The average Bonchev–Trinajstić information content (AvgIpc) is 2.86. The third-order valence-corrected chi connectivity index (χ3v) is 5.14. The van der Waals surface area contributed by atoms with Crippen molar-refractivity contribution in [3.05, 3.63) is 59.1 Å². The third-order valence-electron chi connectivity index (χ3n) is 5.14. The van der Waals surface area contributed by atoms with Crippen molar-refractivity contribution in [2.75, 3.05) is 0 Å². The zero-order valence-corrected chi connectivity index (χ0v) is 16.9. The van der Waals surface area contributed by atoms with Gasteiger partial charge in [-0.25, -0.2) is 9.59 Å². The molecule has 9 nitrogen and oxygen atoms in total. The molecule has 4 N–H and O–H groups in total. The Bertz CT molecular complexity index is 967. The summed E-state index contributed by atoms with van der Waals surface area (Å²) in [6.07, 6.45) is 7.36. The summed E-state index contributed by atoms with van der Waals surface area (Å²) in [5, 5.41) is 32.3. The first-order chi connectivity index (χ1) is 13.9. The molecule has 0 aromatic rings. The number of aliphatic hydroxyl groups excluding tert-OH is 2. The van der Waals surface area contributed by atoms with Crippen molar-refractivity contribution in [3.8, 4) is 0 Å². The number of esters is 1. The monoisotopic (exact) mass is 417 g/mol. The summed E-state index contributed by atoms with van der Waals surface area (Å²) < 4.78 is 5.36. The lowest BCUT2D eigenvalue weighted by molar-refractivity contribution is -0.157. The maximum Gasteiger partial charge on any atom is 0.333 e. The normalized spacial score (nSPS) is 30.9. The van der Waals surface area contributed by atoms with Gasteiger partial charge in [0, 0.05) is 23.3 Å². The zero-order chi connectivity index (χ0) is 22.9. The van der Waals surface area contributed by atoms with Crippen molar-refractivity contribution in [1.29, 1.82) is 0 Å². The van der Waals surface area contributed by atoms with Crippen LogP contribution in [0.5, 0.6) is 0 Å². The molecule has 0 aromatic carbocycles. The maximum atomic E-state index is 12.9. The van der Waals surface area contributed by atoms with Gasteiger partial charge in [-0.3, -0.25) is 9.59 Å². The van der Waals surface area contributed by atoms with Crippen LogP contribution in [-0.2, 0) is 23.9 Å². The highest BCUT2D eigenvalue weighted by Gasteiger charge is 2.68. The molecule has 1 aliphatic carbocycles. The molecule has 0 radical (unpaired) electrons. The molecule has 0 spiro atoms. The van der Waals surface area contributed by atoms with Gasteiger partial charge in [-0.1, -0.05) is 18.2 Å². The van der Waals surface area contributed by atoms with Gasteiger partial charge in [0.05, 0.1) is 5.92 Å². The van der Waals surface area contributed by atoms with Gasteiger partial charge in [0.25, 0.3) is 0 Å². The number of carbonyl (C=O) groups excluding carboxylic acids is 3. The van der Waals surface area contributed by atoms with Crippen LogP contribution in [-0.4, -0.2) is 50.1 Å². The minimum Gasteiger partial charge on any atom is -0.508 e. The van der Waals surface area contributed by atoms with Gasteiger partial charge >= 0.3 is 11.9 Å². The van der Waals surface area contributed by atoms with Crippen LogP contribution in [0.4, 0.5) is 0 Å². The fraction of sp³-hybridized carbons (Fsp3) is 0.333. The highest BCUT2D eigenvalue weighted by atomic mass is 16.6. The smallest absolute Gasteiger partial charge is 0.333 e. The highest BCUT2D eigenvalue weighted by Crippen LogP contribution is 2.51. The van der Waals surface area contributed by atoms with Crippen molar-refractivity contribution < 1.29 is 39.2 Å². The van der Waals surface area contributed by atoms with Gasteiger partial charge in [0.15, 0.2) is 5.60 Å². The molecule has 1 aliphatic heterocycles. The van der Waals surface area contributed by atoms with E-state index in [-0.39, 0.29) is 11.1 Å². The minimum absolute atomic E-state index is 0.108. The topological polar surface area (TPSA) is 150 Å². The number of ether oxygens (including phenoxy) is 1. The fourth-order valence-corrected chi connectivity index (χ4v) is 3.77. The number of amides is 1. The van der Waals surface area contributed by atoms with Crippen LogP contribution in [0.15, 0.2) is 59.1 Å². The Morgan fingerprint density at radius 2 is 1.73 bits per heavy atom. The molecule has 1 fully saturated rings. The van der Waals surface area contributed by atoms with E-state index in [9.17, 15) is 29.4 Å². The molecule has 2 rings (SSSR count). The SMILES string of the molecule is C/C=C/C=C/C(O)=C1\C(O)=C(C)C(=O)[C@@]2(C)OC(=O)[C@@](C)(NC(=O)/C=C/C(=O)O)[C@@H]12. The Labute approximate surface area is 172 Å². The molecule has 0 bridgehead atoms. The molecular weight excluding hydrogens is 394 g/mol. The summed E-state index contributed by atoms with van der Waals surface area (Å²) in [6, 6.07) is 0. The molecule has 0 saturated carbocycles. The number of fused-ring (bicyclic) bond motifs is 1. The number of rotatable bonds is 5. The number of carbonyl (C=O) groups is 4. The second-order valence-electron chi connectivity index (χ2n) is 7.28.